The molecule has 1 heterocycles. The predicted octanol–water partition coefficient (Wildman–Crippen LogP) is 3.89. The first-order valence-electron chi connectivity index (χ1n) is 5.81. The van der Waals surface area contributed by atoms with Gasteiger partial charge in [0.15, 0.2) is 5.82 Å². The van der Waals surface area contributed by atoms with Crippen LogP contribution < -0.4 is 16.6 Å². The summed E-state index contributed by atoms with van der Waals surface area (Å²) in [4.78, 5) is 16.1. The molecule has 8 heteroatoms. The van der Waals surface area contributed by atoms with E-state index in [9.17, 15) is 4.79 Å². The Hall–Kier alpha value is -1.53. The molecule has 0 saturated carbocycles. The van der Waals surface area contributed by atoms with Crippen LogP contribution in [0, 0.1) is 6.92 Å². The van der Waals surface area contributed by atoms with Gasteiger partial charge in [-0.25, -0.2) is 10.8 Å². The highest BCUT2D eigenvalue weighted by molar-refractivity contribution is 6.36. The second-order valence-electron chi connectivity index (χ2n) is 4.23. The molecule has 0 unspecified atom stereocenters. The number of benzene rings is 1. The molecule has 4 N–H and O–H groups in total. The fourth-order valence-corrected chi connectivity index (χ4v) is 2.25. The van der Waals surface area contributed by atoms with E-state index in [1.165, 1.54) is 12.3 Å². The number of hydrazine groups is 1. The van der Waals surface area contributed by atoms with Gasteiger partial charge in [0.05, 0.1) is 21.3 Å². The number of hydrogen-bond acceptors (Lipinski definition) is 4. The van der Waals surface area contributed by atoms with E-state index in [1.807, 2.05) is 6.92 Å². The molecule has 0 spiro atoms. The van der Waals surface area contributed by atoms with E-state index in [1.54, 1.807) is 12.1 Å². The van der Waals surface area contributed by atoms with Crippen LogP contribution in [-0.2, 0) is 0 Å². The Bertz CT molecular complexity index is 706. The van der Waals surface area contributed by atoms with Crippen LogP contribution in [0.15, 0.2) is 24.4 Å². The Morgan fingerprint density at radius 2 is 1.86 bits per heavy atom. The summed E-state index contributed by atoms with van der Waals surface area (Å²) in [5.74, 6) is 5.10. The number of nitrogens with two attached hydrogens (primary N) is 1. The van der Waals surface area contributed by atoms with Crippen LogP contribution in [0.5, 0.6) is 0 Å². The van der Waals surface area contributed by atoms with Crippen molar-refractivity contribution in [2.45, 2.75) is 6.92 Å². The van der Waals surface area contributed by atoms with E-state index in [4.69, 9.17) is 40.6 Å². The average molecular weight is 346 g/mol. The number of pyridine rings is 1. The highest BCUT2D eigenvalue weighted by Crippen LogP contribution is 2.29. The molecule has 110 valence electrons. The topological polar surface area (TPSA) is 80.0 Å². The van der Waals surface area contributed by atoms with Gasteiger partial charge in [0.25, 0.3) is 5.91 Å². The number of anilines is 2. The SMILES string of the molecule is Cc1cc(Cl)c(NC(=O)c2cnc(NN)c(Cl)c2)cc1Cl. The number of nitrogens with one attached hydrogen (secondary N) is 2. The lowest BCUT2D eigenvalue weighted by molar-refractivity contribution is 0.102. The first-order valence-corrected chi connectivity index (χ1v) is 6.95. The van der Waals surface area contributed by atoms with E-state index < -0.39 is 5.91 Å². The van der Waals surface area contributed by atoms with Gasteiger partial charge < -0.3 is 10.7 Å². The molecule has 5 nitrogen and oxygen atoms in total. The Morgan fingerprint density at radius 1 is 1.14 bits per heavy atom. The van der Waals surface area contributed by atoms with E-state index >= 15 is 0 Å². The molecule has 0 fully saturated rings. The Kier molecular flexibility index (Phi) is 4.90. The smallest absolute Gasteiger partial charge is 0.257 e. The molecular formula is C13H11Cl3N4O. The summed E-state index contributed by atoms with van der Waals surface area (Å²) < 4.78 is 0. The number of aryl methyl sites for hydroxylation is 1. The van der Waals surface area contributed by atoms with Crippen molar-refractivity contribution in [1.82, 2.24) is 4.98 Å². The van der Waals surface area contributed by atoms with Gasteiger partial charge >= 0.3 is 0 Å². The molecule has 0 aliphatic rings. The molecular weight excluding hydrogens is 335 g/mol. The van der Waals surface area contributed by atoms with Gasteiger partial charge in [-0.1, -0.05) is 34.8 Å². The van der Waals surface area contributed by atoms with Gasteiger partial charge in [0, 0.05) is 11.2 Å². The quantitative estimate of drug-likeness (QED) is 0.582. The Morgan fingerprint density at radius 3 is 2.48 bits per heavy atom. The highest BCUT2D eigenvalue weighted by atomic mass is 35.5. The molecule has 1 amide bonds. The van der Waals surface area contributed by atoms with Gasteiger partial charge in [-0.15, -0.1) is 0 Å². The van der Waals surface area contributed by atoms with Crippen molar-refractivity contribution in [3.8, 4) is 0 Å². The predicted molar refractivity (Wildman–Crippen MR) is 86.2 cm³/mol. The number of halogens is 3. The van der Waals surface area contributed by atoms with Crippen LogP contribution in [0.4, 0.5) is 11.5 Å². The fraction of sp³-hybridized carbons (Fsp3) is 0.0769. The highest BCUT2D eigenvalue weighted by Gasteiger charge is 2.12. The normalized spacial score (nSPS) is 10.3. The molecule has 1 aromatic carbocycles. The van der Waals surface area contributed by atoms with Crippen molar-refractivity contribution >= 4 is 52.2 Å². The number of nitrogens with zero attached hydrogens (tertiary/aromatic N) is 1. The summed E-state index contributed by atoms with van der Waals surface area (Å²) in [5.41, 5.74) is 3.82. The van der Waals surface area contributed by atoms with Crippen molar-refractivity contribution in [2.24, 2.45) is 5.84 Å². The summed E-state index contributed by atoms with van der Waals surface area (Å²) in [6, 6.07) is 4.71. The third-order valence-corrected chi connectivity index (χ3v) is 3.74. The monoisotopic (exact) mass is 344 g/mol. The van der Waals surface area contributed by atoms with Crippen LogP contribution in [0.3, 0.4) is 0 Å². The summed E-state index contributed by atoms with van der Waals surface area (Å²) in [6.07, 6.45) is 1.35. The van der Waals surface area contributed by atoms with Crippen LogP contribution in [0.2, 0.25) is 15.1 Å². The van der Waals surface area contributed by atoms with Gasteiger partial charge in [-0.3, -0.25) is 4.79 Å². The minimum absolute atomic E-state index is 0.234. The van der Waals surface area contributed by atoms with Gasteiger partial charge in [0.1, 0.15) is 0 Å². The van der Waals surface area contributed by atoms with E-state index in [0.29, 0.717) is 15.7 Å². The van der Waals surface area contributed by atoms with Gasteiger partial charge in [0.2, 0.25) is 0 Å². The third kappa shape index (κ3) is 3.57. The lowest BCUT2D eigenvalue weighted by Gasteiger charge is -2.10. The van der Waals surface area contributed by atoms with Gasteiger partial charge in [-0.2, -0.15) is 0 Å². The van der Waals surface area contributed by atoms with Crippen molar-refractivity contribution in [1.29, 1.82) is 0 Å². The average Bonchev–Trinajstić information content (AvgIpc) is 2.44. The number of amides is 1. The summed E-state index contributed by atoms with van der Waals surface area (Å²) in [5, 5.41) is 3.79. The molecule has 0 saturated heterocycles. The zero-order valence-corrected chi connectivity index (χ0v) is 13.1. The van der Waals surface area contributed by atoms with Crippen molar-refractivity contribution in [3.05, 3.63) is 50.6 Å². The van der Waals surface area contributed by atoms with E-state index in [0.717, 1.165) is 5.56 Å². The number of nitrogen functional groups attached to an aromatic ring is 1. The minimum atomic E-state index is -0.408. The lowest BCUT2D eigenvalue weighted by atomic mass is 10.2. The van der Waals surface area contributed by atoms with Crippen molar-refractivity contribution in [3.63, 3.8) is 0 Å². The molecule has 2 aromatic rings. The summed E-state index contributed by atoms with van der Waals surface area (Å²) in [6.45, 7) is 1.82. The maximum Gasteiger partial charge on any atom is 0.257 e. The molecule has 0 aliphatic heterocycles. The summed E-state index contributed by atoms with van der Waals surface area (Å²) >= 11 is 18.0. The van der Waals surface area contributed by atoms with Crippen molar-refractivity contribution < 1.29 is 4.79 Å². The number of carbonyl (C=O) groups is 1. The molecule has 0 radical (unpaired) electrons. The van der Waals surface area contributed by atoms with E-state index in [2.05, 4.69) is 15.7 Å². The number of aromatic nitrogens is 1. The van der Waals surface area contributed by atoms with Crippen LogP contribution in [-0.4, -0.2) is 10.9 Å². The number of hydrogen-bond donors (Lipinski definition) is 3. The zero-order chi connectivity index (χ0) is 15.6. The fourth-order valence-electron chi connectivity index (χ4n) is 1.60. The first-order chi connectivity index (χ1) is 9.92. The molecule has 0 bridgehead atoms. The third-order valence-electron chi connectivity index (χ3n) is 2.74. The standard InChI is InChI=1S/C13H11Cl3N4O/c1-6-2-9(15)11(4-8(6)14)19-13(21)7-3-10(16)12(20-17)18-5-7/h2-5H,17H2,1H3,(H,18,20)(H,19,21). The van der Waals surface area contributed by atoms with Crippen molar-refractivity contribution in [2.75, 3.05) is 10.7 Å². The second-order valence-corrected chi connectivity index (χ2v) is 5.46. The molecule has 1 aromatic heterocycles. The zero-order valence-electron chi connectivity index (χ0n) is 10.9. The molecule has 21 heavy (non-hydrogen) atoms. The minimum Gasteiger partial charge on any atom is -0.321 e. The maximum absolute atomic E-state index is 12.2. The van der Waals surface area contributed by atoms with E-state index in [-0.39, 0.29) is 16.4 Å². The molecule has 2 rings (SSSR count). The maximum atomic E-state index is 12.2. The van der Waals surface area contributed by atoms with Crippen LogP contribution in [0.1, 0.15) is 15.9 Å². The first kappa shape index (κ1) is 15.9. The largest absolute Gasteiger partial charge is 0.321 e. The number of rotatable bonds is 3. The van der Waals surface area contributed by atoms with Crippen LogP contribution >= 0.6 is 34.8 Å². The second kappa shape index (κ2) is 6.49. The van der Waals surface area contributed by atoms with Gasteiger partial charge in [-0.05, 0) is 30.7 Å². The number of carbonyl (C=O) groups excluding carboxylic acids is 1. The Labute approximate surface area is 136 Å². The summed E-state index contributed by atoms with van der Waals surface area (Å²) in [7, 11) is 0. The molecule has 0 aliphatic carbocycles. The molecule has 0 atom stereocenters. The Balaban J connectivity index is 2.26. The lowest BCUT2D eigenvalue weighted by Crippen LogP contribution is -2.14. The van der Waals surface area contributed by atoms with Crippen LogP contribution in [0.25, 0.3) is 0 Å².